The van der Waals surface area contributed by atoms with Gasteiger partial charge in [0, 0.05) is 12.4 Å². The smallest absolute Gasteiger partial charge is 0.254 e. The van der Waals surface area contributed by atoms with Crippen LogP contribution in [0.5, 0.6) is 0 Å². The maximum Gasteiger partial charge on any atom is 0.254 e. The van der Waals surface area contributed by atoms with Gasteiger partial charge >= 0.3 is 0 Å². The molecule has 1 rings (SSSR count). The van der Waals surface area contributed by atoms with Gasteiger partial charge in [0.2, 0.25) is 0 Å². The number of hydrogen-bond acceptors (Lipinski definition) is 1. The normalized spacial score (nSPS) is 11.4. The van der Waals surface area contributed by atoms with E-state index in [1.807, 2.05) is 13.8 Å². The molecule has 100 valence electrons. The van der Waals surface area contributed by atoms with Gasteiger partial charge in [-0.15, -0.1) is 11.6 Å². The highest BCUT2D eigenvalue weighted by Gasteiger charge is 2.20. The Labute approximate surface area is 114 Å². The molecule has 0 aromatic heterocycles. The van der Waals surface area contributed by atoms with E-state index in [2.05, 4.69) is 5.32 Å². The molecule has 0 spiro atoms. The standard InChI is InChI=1S/C12H13Cl2F2NO/c1-12(2,5-13)6-17-11(18)7-3-10(16)8(14)4-9(7)15/h3-4H,5-6H2,1-2H3,(H,17,18). The van der Waals surface area contributed by atoms with Crippen LogP contribution < -0.4 is 5.32 Å². The third-order valence-electron chi connectivity index (χ3n) is 2.34. The summed E-state index contributed by atoms with van der Waals surface area (Å²) >= 11 is 11.1. The predicted molar refractivity (Wildman–Crippen MR) is 68.2 cm³/mol. The summed E-state index contributed by atoms with van der Waals surface area (Å²) in [6.07, 6.45) is 0. The Bertz CT molecular complexity index is 464. The van der Waals surface area contributed by atoms with Crippen LogP contribution >= 0.6 is 23.2 Å². The van der Waals surface area contributed by atoms with E-state index >= 15 is 0 Å². The number of carbonyl (C=O) groups excluding carboxylic acids is 1. The molecule has 0 atom stereocenters. The van der Waals surface area contributed by atoms with Gasteiger partial charge in [-0.25, -0.2) is 8.78 Å². The third-order valence-corrected chi connectivity index (χ3v) is 3.36. The second kappa shape index (κ2) is 5.85. The summed E-state index contributed by atoms with van der Waals surface area (Å²) in [6.45, 7) is 3.96. The Morgan fingerprint density at radius 3 is 2.50 bits per heavy atom. The minimum absolute atomic E-state index is 0.263. The van der Waals surface area contributed by atoms with Gasteiger partial charge in [-0.2, -0.15) is 0 Å². The molecule has 0 heterocycles. The van der Waals surface area contributed by atoms with E-state index in [1.165, 1.54) is 0 Å². The van der Waals surface area contributed by atoms with Crippen LogP contribution in [0.2, 0.25) is 5.02 Å². The fourth-order valence-corrected chi connectivity index (χ4v) is 1.40. The number of benzene rings is 1. The van der Waals surface area contributed by atoms with Gasteiger partial charge < -0.3 is 5.32 Å². The quantitative estimate of drug-likeness (QED) is 0.667. The third kappa shape index (κ3) is 3.82. The molecule has 0 radical (unpaired) electrons. The number of amides is 1. The van der Waals surface area contributed by atoms with E-state index in [0.29, 0.717) is 5.88 Å². The number of nitrogens with one attached hydrogen (secondary N) is 1. The average Bonchev–Trinajstić information content (AvgIpc) is 2.31. The molecule has 1 N–H and O–H groups in total. The van der Waals surface area contributed by atoms with Gasteiger partial charge in [0.1, 0.15) is 11.6 Å². The summed E-state index contributed by atoms with van der Waals surface area (Å²) < 4.78 is 26.6. The molecule has 0 saturated carbocycles. The van der Waals surface area contributed by atoms with Crippen LogP contribution in [0.1, 0.15) is 24.2 Å². The van der Waals surface area contributed by atoms with Crippen LogP contribution in [0.4, 0.5) is 8.78 Å². The van der Waals surface area contributed by atoms with Gasteiger partial charge in [-0.05, 0) is 17.5 Å². The second-order valence-corrected chi connectivity index (χ2v) is 5.40. The first kappa shape index (κ1) is 15.2. The van der Waals surface area contributed by atoms with Crippen LogP contribution in [-0.4, -0.2) is 18.3 Å². The maximum atomic E-state index is 13.4. The number of hydrogen-bond donors (Lipinski definition) is 1. The Hall–Kier alpha value is -0.870. The van der Waals surface area contributed by atoms with Crippen LogP contribution in [0.3, 0.4) is 0 Å². The van der Waals surface area contributed by atoms with Gasteiger partial charge in [-0.3, -0.25) is 4.79 Å². The molecule has 0 bridgehead atoms. The molecule has 2 nitrogen and oxygen atoms in total. The fraction of sp³-hybridized carbons (Fsp3) is 0.417. The highest BCUT2D eigenvalue weighted by Crippen LogP contribution is 2.20. The minimum Gasteiger partial charge on any atom is -0.351 e. The lowest BCUT2D eigenvalue weighted by molar-refractivity contribution is 0.0935. The lowest BCUT2D eigenvalue weighted by atomic mass is 9.96. The lowest BCUT2D eigenvalue weighted by Gasteiger charge is -2.21. The summed E-state index contributed by atoms with van der Waals surface area (Å²) in [4.78, 5) is 11.7. The van der Waals surface area contributed by atoms with Gasteiger partial charge in [0.15, 0.2) is 0 Å². The fourth-order valence-electron chi connectivity index (χ4n) is 1.16. The largest absolute Gasteiger partial charge is 0.351 e. The molecule has 0 aliphatic heterocycles. The van der Waals surface area contributed by atoms with E-state index in [4.69, 9.17) is 23.2 Å². The highest BCUT2D eigenvalue weighted by molar-refractivity contribution is 6.30. The number of alkyl halides is 1. The Morgan fingerprint density at radius 1 is 1.33 bits per heavy atom. The summed E-state index contributed by atoms with van der Waals surface area (Å²) in [5, 5.41) is 2.15. The Morgan fingerprint density at radius 2 is 1.94 bits per heavy atom. The molecule has 0 aliphatic carbocycles. The average molecular weight is 296 g/mol. The second-order valence-electron chi connectivity index (χ2n) is 4.73. The molecule has 1 amide bonds. The number of halogens is 4. The van der Waals surface area contributed by atoms with Crippen molar-refractivity contribution in [1.29, 1.82) is 0 Å². The van der Waals surface area contributed by atoms with Crippen molar-refractivity contribution in [3.05, 3.63) is 34.4 Å². The van der Waals surface area contributed by atoms with Crippen LogP contribution in [-0.2, 0) is 0 Å². The van der Waals surface area contributed by atoms with Crippen molar-refractivity contribution in [3.63, 3.8) is 0 Å². The topological polar surface area (TPSA) is 29.1 Å². The van der Waals surface area contributed by atoms with Crippen molar-refractivity contribution in [2.45, 2.75) is 13.8 Å². The first-order chi connectivity index (χ1) is 8.26. The predicted octanol–water partition coefficient (Wildman–Crippen LogP) is 3.61. The summed E-state index contributed by atoms with van der Waals surface area (Å²) in [5.74, 6) is -2.05. The molecule has 0 aliphatic rings. The van der Waals surface area contributed by atoms with Gasteiger partial charge in [0.05, 0.1) is 10.6 Å². The van der Waals surface area contributed by atoms with Crippen molar-refractivity contribution >= 4 is 29.1 Å². The zero-order valence-corrected chi connectivity index (χ0v) is 11.5. The molecule has 0 saturated heterocycles. The van der Waals surface area contributed by atoms with Gasteiger partial charge in [0.25, 0.3) is 5.91 Å². The van der Waals surface area contributed by atoms with Crippen molar-refractivity contribution in [3.8, 4) is 0 Å². The van der Waals surface area contributed by atoms with Crippen molar-refractivity contribution in [2.75, 3.05) is 12.4 Å². The van der Waals surface area contributed by atoms with E-state index in [9.17, 15) is 13.6 Å². The highest BCUT2D eigenvalue weighted by atomic mass is 35.5. The van der Waals surface area contributed by atoms with E-state index in [0.717, 1.165) is 12.1 Å². The Kier molecular flexibility index (Phi) is 4.93. The molecular weight excluding hydrogens is 283 g/mol. The summed E-state index contributed by atoms with van der Waals surface area (Å²) in [6, 6.07) is 1.55. The molecule has 1 aromatic rings. The maximum absolute atomic E-state index is 13.4. The summed E-state index contributed by atoms with van der Waals surface area (Å²) in [7, 11) is 0. The zero-order chi connectivity index (χ0) is 13.9. The van der Waals surface area contributed by atoms with Crippen molar-refractivity contribution in [1.82, 2.24) is 5.32 Å². The molecule has 0 fully saturated rings. The van der Waals surface area contributed by atoms with Gasteiger partial charge in [-0.1, -0.05) is 25.4 Å². The van der Waals surface area contributed by atoms with Crippen LogP contribution in [0.25, 0.3) is 0 Å². The minimum atomic E-state index is -0.859. The van der Waals surface area contributed by atoms with Crippen LogP contribution in [0.15, 0.2) is 12.1 Å². The Balaban J connectivity index is 2.82. The zero-order valence-electron chi connectivity index (χ0n) is 9.99. The summed E-state index contributed by atoms with van der Waals surface area (Å²) in [5.41, 5.74) is -0.694. The monoisotopic (exact) mass is 295 g/mol. The van der Waals surface area contributed by atoms with E-state index in [-0.39, 0.29) is 22.5 Å². The molecular formula is C12H13Cl2F2NO. The van der Waals surface area contributed by atoms with Crippen molar-refractivity contribution in [2.24, 2.45) is 5.41 Å². The number of rotatable bonds is 4. The first-order valence-electron chi connectivity index (χ1n) is 5.25. The van der Waals surface area contributed by atoms with Crippen LogP contribution in [0, 0.1) is 17.0 Å². The molecule has 0 unspecified atom stereocenters. The number of carbonyl (C=O) groups is 1. The van der Waals surface area contributed by atoms with E-state index < -0.39 is 17.5 Å². The SMILES string of the molecule is CC(C)(CCl)CNC(=O)c1cc(F)c(Cl)cc1F. The van der Waals surface area contributed by atoms with Crippen molar-refractivity contribution < 1.29 is 13.6 Å². The lowest BCUT2D eigenvalue weighted by Crippen LogP contribution is -2.35. The molecule has 18 heavy (non-hydrogen) atoms. The molecule has 1 aromatic carbocycles. The first-order valence-corrected chi connectivity index (χ1v) is 6.17. The van der Waals surface area contributed by atoms with E-state index in [1.54, 1.807) is 0 Å². The molecule has 6 heteroatoms.